The van der Waals surface area contributed by atoms with Gasteiger partial charge in [0.15, 0.2) is 12.7 Å². The first-order chi connectivity index (χ1) is 13.1. The lowest BCUT2D eigenvalue weighted by Gasteiger charge is -2.36. The zero-order chi connectivity index (χ0) is 19.2. The third kappa shape index (κ3) is 4.78. The Labute approximate surface area is 162 Å². The van der Waals surface area contributed by atoms with Gasteiger partial charge in [-0.2, -0.15) is 0 Å². The quantitative estimate of drug-likeness (QED) is 0.796. The highest BCUT2D eigenvalue weighted by Crippen LogP contribution is 2.26. The summed E-state index contributed by atoms with van der Waals surface area (Å²) in [5, 5.41) is 10.7. The lowest BCUT2D eigenvalue weighted by molar-refractivity contribution is -0.159. The summed E-state index contributed by atoms with van der Waals surface area (Å²) in [6.45, 7) is 1.95. The molecule has 0 unspecified atom stereocenters. The van der Waals surface area contributed by atoms with Crippen molar-refractivity contribution in [2.45, 2.75) is 6.10 Å². The summed E-state index contributed by atoms with van der Waals surface area (Å²) >= 11 is 6.22. The van der Waals surface area contributed by atoms with E-state index in [1.165, 1.54) is 0 Å². The number of para-hydroxylation sites is 1. The van der Waals surface area contributed by atoms with Crippen molar-refractivity contribution in [1.82, 2.24) is 4.90 Å². The lowest BCUT2D eigenvalue weighted by Crippen LogP contribution is -2.50. The number of ether oxygens (including phenoxy) is 1. The van der Waals surface area contributed by atoms with Crippen molar-refractivity contribution in [3.63, 3.8) is 0 Å². The number of carbonyl (C=O) groups excluding carboxylic acids is 2. The molecule has 3 rings (SSSR count). The van der Waals surface area contributed by atoms with E-state index in [1.54, 1.807) is 35.2 Å². The molecule has 2 aromatic rings. The number of hydrogen-bond donors (Lipinski definition) is 1. The van der Waals surface area contributed by atoms with E-state index in [0.29, 0.717) is 36.8 Å². The van der Waals surface area contributed by atoms with E-state index in [2.05, 4.69) is 4.90 Å². The van der Waals surface area contributed by atoms with Crippen LogP contribution in [0.3, 0.4) is 0 Å². The molecule has 0 aliphatic carbocycles. The van der Waals surface area contributed by atoms with Gasteiger partial charge in [0.05, 0.1) is 10.7 Å². The Bertz CT molecular complexity index is 792. The molecule has 1 heterocycles. The summed E-state index contributed by atoms with van der Waals surface area (Å²) in [4.78, 5) is 28.0. The number of amides is 1. The van der Waals surface area contributed by atoms with Crippen molar-refractivity contribution in [3.8, 4) is 0 Å². The number of benzene rings is 2. The minimum Gasteiger partial charge on any atom is -0.453 e. The molecule has 1 saturated heterocycles. The zero-order valence-electron chi connectivity index (χ0n) is 14.8. The van der Waals surface area contributed by atoms with Gasteiger partial charge in [-0.15, -0.1) is 0 Å². The van der Waals surface area contributed by atoms with Crippen LogP contribution in [0.2, 0.25) is 5.02 Å². The number of hydrogen-bond acceptors (Lipinski definition) is 5. The number of aliphatic hydroxyl groups excluding tert-OH is 1. The van der Waals surface area contributed by atoms with Crippen LogP contribution in [0.15, 0.2) is 54.6 Å². The number of nitrogens with zero attached hydrogens (tertiary/aromatic N) is 2. The van der Waals surface area contributed by atoms with Crippen LogP contribution < -0.4 is 4.90 Å². The molecule has 0 bridgehead atoms. The van der Waals surface area contributed by atoms with Crippen LogP contribution in [-0.2, 0) is 14.3 Å². The largest absolute Gasteiger partial charge is 0.453 e. The molecule has 1 fully saturated rings. The average Bonchev–Trinajstić information content (AvgIpc) is 2.72. The number of aliphatic hydroxyl groups is 1. The van der Waals surface area contributed by atoms with Gasteiger partial charge in [-0.3, -0.25) is 4.79 Å². The predicted octanol–water partition coefficient (Wildman–Crippen LogP) is 2.27. The summed E-state index contributed by atoms with van der Waals surface area (Å²) in [7, 11) is 0. The van der Waals surface area contributed by atoms with Gasteiger partial charge in [-0.1, -0.05) is 54.1 Å². The number of rotatable bonds is 5. The minimum atomic E-state index is -1.39. The topological polar surface area (TPSA) is 70.1 Å². The van der Waals surface area contributed by atoms with E-state index < -0.39 is 12.1 Å². The fourth-order valence-electron chi connectivity index (χ4n) is 2.98. The molecule has 1 atom stereocenters. The Morgan fingerprint density at radius 2 is 1.63 bits per heavy atom. The van der Waals surface area contributed by atoms with Crippen LogP contribution in [0.4, 0.5) is 5.69 Å². The van der Waals surface area contributed by atoms with Crippen LogP contribution in [0.25, 0.3) is 0 Å². The number of piperazine rings is 1. The van der Waals surface area contributed by atoms with Crippen molar-refractivity contribution >= 4 is 29.2 Å². The van der Waals surface area contributed by atoms with Gasteiger partial charge in [0, 0.05) is 26.2 Å². The maximum Gasteiger partial charge on any atom is 0.340 e. The highest BCUT2D eigenvalue weighted by atomic mass is 35.5. The Kier molecular flexibility index (Phi) is 6.32. The second-order valence-electron chi connectivity index (χ2n) is 6.24. The lowest BCUT2D eigenvalue weighted by atomic mass is 10.1. The SMILES string of the molecule is O=C(OCC(=O)N1CCN(c2ccccc2Cl)CC1)[C@@H](O)c1ccccc1. The molecule has 0 spiro atoms. The molecule has 0 saturated carbocycles. The van der Waals surface area contributed by atoms with Crippen molar-refractivity contribution in [1.29, 1.82) is 0 Å². The van der Waals surface area contributed by atoms with E-state index in [9.17, 15) is 14.7 Å². The number of halogens is 1. The maximum atomic E-state index is 12.3. The fraction of sp³-hybridized carbons (Fsp3) is 0.300. The highest BCUT2D eigenvalue weighted by molar-refractivity contribution is 6.33. The van der Waals surface area contributed by atoms with Crippen LogP contribution >= 0.6 is 11.6 Å². The smallest absolute Gasteiger partial charge is 0.340 e. The van der Waals surface area contributed by atoms with Crippen LogP contribution in [0.5, 0.6) is 0 Å². The van der Waals surface area contributed by atoms with Crippen LogP contribution in [0, 0.1) is 0 Å². The molecule has 0 radical (unpaired) electrons. The van der Waals surface area contributed by atoms with E-state index in [0.717, 1.165) is 5.69 Å². The van der Waals surface area contributed by atoms with Crippen LogP contribution in [-0.4, -0.2) is 54.7 Å². The van der Waals surface area contributed by atoms with Gasteiger partial charge < -0.3 is 19.6 Å². The van der Waals surface area contributed by atoms with E-state index >= 15 is 0 Å². The summed E-state index contributed by atoms with van der Waals surface area (Å²) < 4.78 is 4.99. The normalized spacial score (nSPS) is 15.3. The van der Waals surface area contributed by atoms with Gasteiger partial charge in [0.1, 0.15) is 0 Å². The molecule has 1 aliphatic rings. The molecule has 2 aromatic carbocycles. The third-order valence-electron chi connectivity index (χ3n) is 4.50. The Morgan fingerprint density at radius 1 is 1.00 bits per heavy atom. The molecule has 1 aliphatic heterocycles. The second kappa shape index (κ2) is 8.88. The van der Waals surface area contributed by atoms with Crippen molar-refractivity contribution < 1.29 is 19.4 Å². The fourth-order valence-corrected chi connectivity index (χ4v) is 3.23. The molecule has 7 heteroatoms. The number of carbonyl (C=O) groups is 2. The minimum absolute atomic E-state index is 0.276. The monoisotopic (exact) mass is 388 g/mol. The Hall–Kier alpha value is -2.57. The van der Waals surface area contributed by atoms with E-state index in [4.69, 9.17) is 16.3 Å². The highest BCUT2D eigenvalue weighted by Gasteiger charge is 2.25. The van der Waals surface area contributed by atoms with Gasteiger partial charge >= 0.3 is 5.97 Å². The molecule has 1 amide bonds. The van der Waals surface area contributed by atoms with E-state index in [1.807, 2.05) is 24.3 Å². The first-order valence-corrected chi connectivity index (χ1v) is 9.11. The van der Waals surface area contributed by atoms with Crippen molar-refractivity contribution in [2.24, 2.45) is 0 Å². The first-order valence-electron chi connectivity index (χ1n) is 8.73. The standard InChI is InChI=1S/C20H21ClN2O4/c21-16-8-4-5-9-17(16)22-10-12-23(13-11-22)18(24)14-27-20(26)19(25)15-6-2-1-3-7-15/h1-9,19,25H,10-14H2/t19-/m0/s1. The Morgan fingerprint density at radius 3 is 2.30 bits per heavy atom. The van der Waals surface area contributed by atoms with Gasteiger partial charge in [0.2, 0.25) is 0 Å². The molecule has 1 N–H and O–H groups in total. The summed E-state index contributed by atoms with van der Waals surface area (Å²) in [6.07, 6.45) is -1.39. The van der Waals surface area contributed by atoms with Gasteiger partial charge in [-0.25, -0.2) is 4.79 Å². The Balaban J connectivity index is 1.47. The average molecular weight is 389 g/mol. The van der Waals surface area contributed by atoms with Crippen LogP contribution in [0.1, 0.15) is 11.7 Å². The van der Waals surface area contributed by atoms with Crippen molar-refractivity contribution in [3.05, 3.63) is 65.2 Å². The molecular weight excluding hydrogens is 368 g/mol. The summed E-state index contributed by atoms with van der Waals surface area (Å²) in [6, 6.07) is 16.1. The summed E-state index contributed by atoms with van der Waals surface area (Å²) in [5.74, 6) is -1.10. The molecule has 0 aromatic heterocycles. The molecular formula is C20H21ClN2O4. The van der Waals surface area contributed by atoms with E-state index in [-0.39, 0.29) is 12.5 Å². The molecule has 142 valence electrons. The maximum absolute atomic E-state index is 12.3. The second-order valence-corrected chi connectivity index (χ2v) is 6.65. The zero-order valence-corrected chi connectivity index (χ0v) is 15.5. The predicted molar refractivity (Wildman–Crippen MR) is 103 cm³/mol. The van der Waals surface area contributed by atoms with Gasteiger partial charge in [0.25, 0.3) is 5.91 Å². The molecule has 27 heavy (non-hydrogen) atoms. The number of esters is 1. The number of anilines is 1. The van der Waals surface area contributed by atoms with Gasteiger partial charge in [-0.05, 0) is 17.7 Å². The first kappa shape index (κ1) is 19.2. The summed E-state index contributed by atoms with van der Waals surface area (Å²) in [5.41, 5.74) is 1.38. The molecule has 6 nitrogen and oxygen atoms in total. The third-order valence-corrected chi connectivity index (χ3v) is 4.82. The van der Waals surface area contributed by atoms with Crippen molar-refractivity contribution in [2.75, 3.05) is 37.7 Å².